The van der Waals surface area contributed by atoms with Gasteiger partial charge in [0.2, 0.25) is 5.91 Å². The number of hydrogen-bond donors (Lipinski definition) is 2. The number of hydrogen-bond acceptors (Lipinski definition) is 3. The lowest BCUT2D eigenvalue weighted by atomic mass is 9.96. The SMILES string of the molecule is COc1cc(Br)cc(NC(=O)C(C)(N)C2CC2)c1. The lowest BCUT2D eigenvalue weighted by Gasteiger charge is -2.23. The molecule has 98 valence electrons. The number of halogens is 1. The second-order valence-corrected chi connectivity index (χ2v) is 5.81. The standard InChI is InChI=1S/C13H17BrN2O2/c1-13(15,8-3-4-8)12(17)16-10-5-9(14)6-11(7-10)18-2/h5-8H,3-4,15H2,1-2H3,(H,16,17). The van der Waals surface area contributed by atoms with Gasteiger partial charge in [0, 0.05) is 16.2 Å². The minimum Gasteiger partial charge on any atom is -0.497 e. The van der Waals surface area contributed by atoms with E-state index in [1.54, 1.807) is 20.1 Å². The van der Waals surface area contributed by atoms with Crippen LogP contribution >= 0.6 is 15.9 Å². The van der Waals surface area contributed by atoms with Crippen LogP contribution in [0.3, 0.4) is 0 Å². The number of rotatable bonds is 4. The van der Waals surface area contributed by atoms with Crippen molar-refractivity contribution in [3.05, 3.63) is 22.7 Å². The number of nitrogens with two attached hydrogens (primary N) is 1. The Hall–Kier alpha value is -1.07. The van der Waals surface area contributed by atoms with E-state index in [9.17, 15) is 4.79 Å². The molecule has 1 fully saturated rings. The number of ether oxygens (including phenoxy) is 1. The summed E-state index contributed by atoms with van der Waals surface area (Å²) in [6.45, 7) is 1.79. The van der Waals surface area contributed by atoms with Crippen LogP contribution in [0.1, 0.15) is 19.8 Å². The van der Waals surface area contributed by atoms with Gasteiger partial charge in [0.05, 0.1) is 12.6 Å². The summed E-state index contributed by atoms with van der Waals surface area (Å²) in [6, 6.07) is 5.42. The van der Waals surface area contributed by atoms with E-state index in [1.165, 1.54) is 0 Å². The molecule has 2 rings (SSSR count). The molecule has 1 aromatic carbocycles. The Balaban J connectivity index is 2.13. The highest BCUT2D eigenvalue weighted by atomic mass is 79.9. The summed E-state index contributed by atoms with van der Waals surface area (Å²) in [5.41, 5.74) is 5.95. The molecule has 0 radical (unpaired) electrons. The van der Waals surface area contributed by atoms with Gasteiger partial charge in [-0.3, -0.25) is 4.79 Å². The molecule has 0 saturated heterocycles. The van der Waals surface area contributed by atoms with E-state index in [-0.39, 0.29) is 5.91 Å². The van der Waals surface area contributed by atoms with Crippen LogP contribution < -0.4 is 15.8 Å². The predicted molar refractivity (Wildman–Crippen MR) is 74.6 cm³/mol. The van der Waals surface area contributed by atoms with Crippen molar-refractivity contribution in [2.45, 2.75) is 25.3 Å². The molecule has 1 atom stereocenters. The molecule has 1 aliphatic rings. The first-order valence-corrected chi connectivity index (χ1v) is 6.67. The lowest BCUT2D eigenvalue weighted by molar-refractivity contribution is -0.121. The maximum absolute atomic E-state index is 12.1. The zero-order valence-electron chi connectivity index (χ0n) is 10.5. The van der Waals surface area contributed by atoms with Crippen molar-refractivity contribution in [2.24, 2.45) is 11.7 Å². The fraction of sp³-hybridized carbons (Fsp3) is 0.462. The van der Waals surface area contributed by atoms with E-state index in [0.29, 0.717) is 17.4 Å². The summed E-state index contributed by atoms with van der Waals surface area (Å²) in [5.74, 6) is 0.835. The van der Waals surface area contributed by atoms with Crippen LogP contribution in [0.4, 0.5) is 5.69 Å². The van der Waals surface area contributed by atoms with E-state index in [0.717, 1.165) is 17.3 Å². The molecule has 3 N–H and O–H groups in total. The fourth-order valence-electron chi connectivity index (χ4n) is 1.89. The maximum atomic E-state index is 12.1. The molecule has 0 aromatic heterocycles. The van der Waals surface area contributed by atoms with Crippen molar-refractivity contribution in [2.75, 3.05) is 12.4 Å². The first-order chi connectivity index (χ1) is 8.43. The van der Waals surface area contributed by atoms with Crippen molar-refractivity contribution in [3.8, 4) is 5.75 Å². The fourth-order valence-corrected chi connectivity index (χ4v) is 2.36. The molecule has 0 spiro atoms. The Morgan fingerprint density at radius 3 is 2.72 bits per heavy atom. The molecular formula is C13H17BrN2O2. The van der Waals surface area contributed by atoms with Crippen molar-refractivity contribution in [1.29, 1.82) is 0 Å². The Morgan fingerprint density at radius 2 is 2.17 bits per heavy atom. The normalized spacial score (nSPS) is 18.0. The minimum atomic E-state index is -0.796. The first kappa shape index (κ1) is 13.4. The summed E-state index contributed by atoms with van der Waals surface area (Å²) >= 11 is 3.37. The van der Waals surface area contributed by atoms with Crippen molar-refractivity contribution < 1.29 is 9.53 Å². The highest BCUT2D eigenvalue weighted by molar-refractivity contribution is 9.10. The number of carbonyl (C=O) groups excluding carboxylic acids is 1. The second kappa shape index (κ2) is 4.90. The lowest BCUT2D eigenvalue weighted by Crippen LogP contribution is -2.50. The van der Waals surface area contributed by atoms with Crippen LogP contribution in [-0.2, 0) is 4.79 Å². The van der Waals surface area contributed by atoms with Gasteiger partial charge in [0.15, 0.2) is 0 Å². The summed E-state index contributed by atoms with van der Waals surface area (Å²) in [7, 11) is 1.59. The van der Waals surface area contributed by atoms with E-state index < -0.39 is 5.54 Å². The molecular weight excluding hydrogens is 296 g/mol. The van der Waals surface area contributed by atoms with Crippen molar-refractivity contribution in [3.63, 3.8) is 0 Å². The molecule has 1 amide bonds. The smallest absolute Gasteiger partial charge is 0.244 e. The number of amides is 1. The number of methoxy groups -OCH3 is 1. The van der Waals surface area contributed by atoms with Crippen molar-refractivity contribution in [1.82, 2.24) is 0 Å². The van der Waals surface area contributed by atoms with E-state index >= 15 is 0 Å². The third kappa shape index (κ3) is 2.84. The van der Waals surface area contributed by atoms with E-state index in [4.69, 9.17) is 10.5 Å². The van der Waals surface area contributed by atoms with E-state index in [1.807, 2.05) is 12.1 Å². The van der Waals surface area contributed by atoms with Crippen LogP contribution in [-0.4, -0.2) is 18.6 Å². The summed E-state index contributed by atoms with van der Waals surface area (Å²) < 4.78 is 6.00. The average molecular weight is 313 g/mol. The van der Waals surface area contributed by atoms with Gasteiger partial charge in [0.25, 0.3) is 0 Å². The molecule has 0 heterocycles. The Bertz CT molecular complexity index is 470. The highest BCUT2D eigenvalue weighted by Gasteiger charge is 2.44. The second-order valence-electron chi connectivity index (χ2n) is 4.89. The largest absolute Gasteiger partial charge is 0.497 e. The van der Waals surface area contributed by atoms with Crippen LogP contribution in [0.5, 0.6) is 5.75 Å². The molecule has 1 saturated carbocycles. The topological polar surface area (TPSA) is 64.3 Å². The van der Waals surface area contributed by atoms with Gasteiger partial charge in [-0.15, -0.1) is 0 Å². The molecule has 1 unspecified atom stereocenters. The van der Waals surface area contributed by atoms with Gasteiger partial charge >= 0.3 is 0 Å². The Kier molecular flexibility index (Phi) is 3.64. The summed E-state index contributed by atoms with van der Waals surface area (Å²) in [5, 5.41) is 2.85. The molecule has 0 aliphatic heterocycles. The molecule has 1 aromatic rings. The molecule has 18 heavy (non-hydrogen) atoms. The predicted octanol–water partition coefficient (Wildman–Crippen LogP) is 2.52. The first-order valence-electron chi connectivity index (χ1n) is 5.88. The van der Waals surface area contributed by atoms with Gasteiger partial charge in [-0.2, -0.15) is 0 Å². The quantitative estimate of drug-likeness (QED) is 0.898. The summed E-state index contributed by atoms with van der Waals surface area (Å²) in [6.07, 6.45) is 2.06. The molecule has 0 bridgehead atoms. The molecule has 5 heteroatoms. The Morgan fingerprint density at radius 1 is 1.50 bits per heavy atom. The molecule has 1 aliphatic carbocycles. The summed E-state index contributed by atoms with van der Waals surface area (Å²) in [4.78, 5) is 12.1. The van der Waals surface area contributed by atoms with Crippen LogP contribution in [0, 0.1) is 5.92 Å². The van der Waals surface area contributed by atoms with Gasteiger partial charge in [0.1, 0.15) is 5.75 Å². The third-order valence-corrected chi connectivity index (χ3v) is 3.74. The zero-order chi connectivity index (χ0) is 13.3. The van der Waals surface area contributed by atoms with Gasteiger partial charge in [-0.1, -0.05) is 15.9 Å². The third-order valence-electron chi connectivity index (χ3n) is 3.28. The number of benzene rings is 1. The number of anilines is 1. The van der Waals surface area contributed by atoms with Gasteiger partial charge in [-0.05, 0) is 37.8 Å². The zero-order valence-corrected chi connectivity index (χ0v) is 12.1. The Labute approximate surface area is 115 Å². The van der Waals surface area contributed by atoms with Gasteiger partial charge < -0.3 is 15.8 Å². The minimum absolute atomic E-state index is 0.148. The molecule has 4 nitrogen and oxygen atoms in total. The van der Waals surface area contributed by atoms with Crippen LogP contribution in [0.2, 0.25) is 0 Å². The average Bonchev–Trinajstić information content (AvgIpc) is 3.11. The number of carbonyl (C=O) groups is 1. The van der Waals surface area contributed by atoms with Crippen LogP contribution in [0.15, 0.2) is 22.7 Å². The van der Waals surface area contributed by atoms with E-state index in [2.05, 4.69) is 21.2 Å². The maximum Gasteiger partial charge on any atom is 0.244 e. The number of nitrogens with one attached hydrogen (secondary N) is 1. The van der Waals surface area contributed by atoms with Gasteiger partial charge in [-0.25, -0.2) is 0 Å². The highest BCUT2D eigenvalue weighted by Crippen LogP contribution is 2.38. The van der Waals surface area contributed by atoms with Crippen molar-refractivity contribution >= 4 is 27.5 Å². The monoisotopic (exact) mass is 312 g/mol. The van der Waals surface area contributed by atoms with Crippen LogP contribution in [0.25, 0.3) is 0 Å².